The molecule has 2 aliphatic heterocycles. The molecule has 0 saturated carbocycles. The summed E-state index contributed by atoms with van der Waals surface area (Å²) in [5.41, 5.74) is 2.43. The number of carboxylic acids is 1. The van der Waals surface area contributed by atoms with E-state index < -0.39 is 5.97 Å². The molecule has 3 N–H and O–H groups in total. The highest BCUT2D eigenvalue weighted by Crippen LogP contribution is 2.43. The molecular formula is C32H39N5O3S. The van der Waals surface area contributed by atoms with Crippen LogP contribution in [0.5, 0.6) is 0 Å². The van der Waals surface area contributed by atoms with Gasteiger partial charge in [-0.05, 0) is 80.5 Å². The fourth-order valence-electron chi connectivity index (χ4n) is 5.89. The number of carboxylic acid groups (broad SMARTS) is 1. The summed E-state index contributed by atoms with van der Waals surface area (Å²) in [6, 6.07) is 16.6. The van der Waals surface area contributed by atoms with Gasteiger partial charge >= 0.3 is 5.97 Å². The normalized spacial score (nSPS) is 22.5. The maximum absolute atomic E-state index is 13.6. The second-order valence-corrected chi connectivity index (χ2v) is 13.8. The summed E-state index contributed by atoms with van der Waals surface area (Å²) in [6.07, 6.45) is 1.80. The van der Waals surface area contributed by atoms with E-state index in [1.807, 2.05) is 42.5 Å². The Hall–Kier alpha value is -3.59. The number of fused-ring (bicyclic) bond motifs is 6. The highest BCUT2D eigenvalue weighted by atomic mass is 32.2. The number of benzene rings is 1. The molecule has 3 aromatic rings. The van der Waals surface area contributed by atoms with E-state index in [1.54, 1.807) is 12.1 Å². The summed E-state index contributed by atoms with van der Waals surface area (Å²) in [5.74, 6) is 0.973. The Morgan fingerprint density at radius 3 is 2.49 bits per heavy atom. The van der Waals surface area contributed by atoms with Crippen LogP contribution in [-0.2, 0) is 5.41 Å². The summed E-state index contributed by atoms with van der Waals surface area (Å²) in [5, 5.41) is 13.7. The first kappa shape index (κ1) is 28.9. The second kappa shape index (κ2) is 11.0. The molecule has 1 aromatic carbocycles. The molecule has 1 fully saturated rings. The lowest BCUT2D eigenvalue weighted by molar-refractivity contribution is 0.0696. The molecule has 2 aliphatic rings. The summed E-state index contributed by atoms with van der Waals surface area (Å²) in [6.45, 7) is 14.0. The zero-order valence-corrected chi connectivity index (χ0v) is 25.4. The van der Waals surface area contributed by atoms with Crippen LogP contribution in [0.15, 0.2) is 59.6 Å². The number of pyridine rings is 2. The van der Waals surface area contributed by atoms with Gasteiger partial charge in [-0.2, -0.15) is 0 Å². The van der Waals surface area contributed by atoms with Crippen LogP contribution in [0.25, 0.3) is 0 Å². The summed E-state index contributed by atoms with van der Waals surface area (Å²) in [7, 11) is 0. The first-order valence-electron chi connectivity index (χ1n) is 14.1. The highest BCUT2D eigenvalue weighted by Gasteiger charge is 2.43. The lowest BCUT2D eigenvalue weighted by Crippen LogP contribution is -2.40. The molecule has 8 nitrogen and oxygen atoms in total. The molecule has 216 valence electrons. The van der Waals surface area contributed by atoms with Crippen LogP contribution in [0.3, 0.4) is 0 Å². The molecule has 9 heteroatoms. The molecule has 4 bridgehead atoms. The Balaban J connectivity index is 1.57. The highest BCUT2D eigenvalue weighted by molar-refractivity contribution is 7.97. The fraction of sp³-hybridized carbons (Fsp3) is 0.438. The van der Waals surface area contributed by atoms with Crippen LogP contribution in [0.2, 0.25) is 0 Å². The van der Waals surface area contributed by atoms with E-state index in [-0.39, 0.29) is 28.5 Å². The molecular weight excluding hydrogens is 534 g/mol. The van der Waals surface area contributed by atoms with Gasteiger partial charge in [0.15, 0.2) is 0 Å². The van der Waals surface area contributed by atoms with Crippen LogP contribution in [0, 0.1) is 11.8 Å². The van der Waals surface area contributed by atoms with Crippen molar-refractivity contribution in [2.75, 3.05) is 16.8 Å². The van der Waals surface area contributed by atoms with E-state index in [1.165, 1.54) is 11.9 Å². The number of aromatic carboxylic acids is 1. The zero-order valence-electron chi connectivity index (χ0n) is 24.6. The topological polar surface area (TPSA) is 107 Å². The minimum absolute atomic E-state index is 0.0737. The van der Waals surface area contributed by atoms with Gasteiger partial charge in [-0.3, -0.25) is 9.52 Å². The third-order valence-corrected chi connectivity index (χ3v) is 9.04. The number of anilines is 2. The van der Waals surface area contributed by atoms with Gasteiger partial charge in [0.25, 0.3) is 5.91 Å². The van der Waals surface area contributed by atoms with Crippen molar-refractivity contribution >= 4 is 35.5 Å². The molecule has 0 spiro atoms. The molecule has 0 aliphatic carbocycles. The first-order valence-corrected chi connectivity index (χ1v) is 15.0. The number of aromatic nitrogens is 2. The van der Waals surface area contributed by atoms with E-state index >= 15 is 0 Å². The summed E-state index contributed by atoms with van der Waals surface area (Å²) >= 11 is 1.18. The Morgan fingerprint density at radius 1 is 1.07 bits per heavy atom. The van der Waals surface area contributed by atoms with Crippen molar-refractivity contribution in [1.29, 1.82) is 0 Å². The van der Waals surface area contributed by atoms with E-state index in [4.69, 9.17) is 9.97 Å². The van der Waals surface area contributed by atoms with Crippen molar-refractivity contribution in [3.63, 3.8) is 0 Å². The Bertz CT molecular complexity index is 1450. The molecule has 3 atom stereocenters. The van der Waals surface area contributed by atoms with Gasteiger partial charge in [-0.1, -0.05) is 45.9 Å². The maximum atomic E-state index is 13.6. The van der Waals surface area contributed by atoms with Crippen LogP contribution >= 0.6 is 11.9 Å². The number of amides is 1. The average Bonchev–Trinajstić information content (AvgIpc) is 3.25. The van der Waals surface area contributed by atoms with Crippen LogP contribution in [0.4, 0.5) is 11.6 Å². The number of rotatable bonds is 2. The summed E-state index contributed by atoms with van der Waals surface area (Å²) in [4.78, 5) is 37.2. The van der Waals surface area contributed by atoms with E-state index in [2.05, 4.69) is 56.5 Å². The largest absolute Gasteiger partial charge is 0.478 e. The zero-order chi connectivity index (χ0) is 29.5. The van der Waals surface area contributed by atoms with Gasteiger partial charge in [0, 0.05) is 35.1 Å². The van der Waals surface area contributed by atoms with Gasteiger partial charge in [0.2, 0.25) is 0 Å². The van der Waals surface area contributed by atoms with Gasteiger partial charge in [-0.15, -0.1) is 0 Å². The number of nitrogens with one attached hydrogen (secondary N) is 2. The molecule has 4 heterocycles. The monoisotopic (exact) mass is 573 g/mol. The van der Waals surface area contributed by atoms with Crippen LogP contribution < -0.4 is 14.9 Å². The minimum Gasteiger partial charge on any atom is -0.478 e. The fourth-order valence-corrected chi connectivity index (χ4v) is 6.48. The molecule has 1 saturated heterocycles. The number of hydrogen-bond donors (Lipinski definition) is 3. The number of nitrogens with zero attached hydrogens (tertiary/aromatic N) is 3. The van der Waals surface area contributed by atoms with E-state index in [0.717, 1.165) is 36.5 Å². The maximum Gasteiger partial charge on any atom is 0.335 e. The van der Waals surface area contributed by atoms with Crippen molar-refractivity contribution in [3.8, 4) is 0 Å². The lowest BCUT2D eigenvalue weighted by Gasteiger charge is -2.34. The van der Waals surface area contributed by atoms with Crippen LogP contribution in [-0.4, -0.2) is 39.0 Å². The third-order valence-electron chi connectivity index (χ3n) is 8.32. The van der Waals surface area contributed by atoms with Gasteiger partial charge in [0.1, 0.15) is 16.7 Å². The van der Waals surface area contributed by atoms with Crippen LogP contribution in [0.1, 0.15) is 92.4 Å². The molecule has 3 unspecified atom stereocenters. The van der Waals surface area contributed by atoms with Crippen molar-refractivity contribution in [1.82, 2.24) is 14.7 Å². The minimum atomic E-state index is -0.940. The molecule has 2 aromatic heterocycles. The lowest BCUT2D eigenvalue weighted by atomic mass is 9.83. The predicted molar refractivity (Wildman–Crippen MR) is 164 cm³/mol. The Labute approximate surface area is 246 Å². The second-order valence-electron chi connectivity index (χ2n) is 12.9. The Kier molecular flexibility index (Phi) is 7.76. The first-order chi connectivity index (χ1) is 19.3. The van der Waals surface area contributed by atoms with E-state index in [9.17, 15) is 14.7 Å². The van der Waals surface area contributed by atoms with Crippen molar-refractivity contribution in [3.05, 3.63) is 77.0 Å². The SMILES string of the molecule is CC1CC(c2ccc(C(=O)O)cc2)Nc2cccc(n2)SNC(=O)c2ccc(C(C)(C)C)nc2N2CC1CC2(C)C. The average molecular weight is 574 g/mol. The smallest absolute Gasteiger partial charge is 0.335 e. The standard InChI is InChI=1S/C32H39N5O3S/c1-19-16-24(20-10-12-21(13-11-20)30(39)40)33-26-8-7-9-27(35-26)41-36-29(38)23-14-15-25(31(2,3)4)34-28(23)37-18-22(19)17-32(37,5)6/h7-15,19,22,24H,16-18H2,1-6H3,(H,33,35)(H,36,38)(H,39,40). The van der Waals surface area contributed by atoms with Gasteiger partial charge in [-0.25, -0.2) is 14.8 Å². The van der Waals surface area contributed by atoms with Crippen molar-refractivity contribution in [2.24, 2.45) is 11.8 Å². The number of carbonyl (C=O) groups excluding carboxylic acids is 1. The molecule has 41 heavy (non-hydrogen) atoms. The molecule has 5 rings (SSSR count). The van der Waals surface area contributed by atoms with Gasteiger partial charge in [0.05, 0.1) is 17.2 Å². The number of carbonyl (C=O) groups is 2. The third kappa shape index (κ3) is 6.20. The quantitative estimate of drug-likeness (QED) is 0.291. The van der Waals surface area contributed by atoms with E-state index in [0.29, 0.717) is 28.2 Å². The molecule has 1 amide bonds. The number of hydrogen-bond acceptors (Lipinski definition) is 7. The summed E-state index contributed by atoms with van der Waals surface area (Å²) < 4.78 is 2.99. The van der Waals surface area contributed by atoms with Gasteiger partial charge < -0.3 is 15.3 Å². The van der Waals surface area contributed by atoms with Crippen molar-refractivity contribution in [2.45, 2.75) is 76.4 Å². The Morgan fingerprint density at radius 2 is 1.80 bits per heavy atom. The predicted octanol–water partition coefficient (Wildman–Crippen LogP) is 6.71. The molecule has 0 radical (unpaired) electrons. The van der Waals surface area contributed by atoms with Crippen molar-refractivity contribution < 1.29 is 14.7 Å².